The molecule has 4 nitrogen and oxygen atoms in total. The zero-order chi connectivity index (χ0) is 22.3. The molecule has 156 valence electrons. The van der Waals surface area contributed by atoms with Crippen molar-refractivity contribution >= 4 is 28.8 Å². The number of anilines is 2. The van der Waals surface area contributed by atoms with Gasteiger partial charge in [-0.1, -0.05) is 54.1 Å². The molecule has 31 heavy (non-hydrogen) atoms. The Morgan fingerprint density at radius 3 is 2.03 bits per heavy atom. The number of likely N-dealkylation sites (N-methyl/N-ethyl adjacent to an activating group) is 1. The summed E-state index contributed by atoms with van der Waals surface area (Å²) in [7, 11) is 1.84. The minimum Gasteiger partial charge on any atom is -0.339 e. The standard InChI is InChI=1S/C27H26N2O2/c1-17-12-14-22(20(4)15-17)24-25(28(5)21-9-7-6-8-10-21)27(31)29(26(24)30)23-16-18(2)11-13-19(23)3/h6-16H,1-5H3. The molecular formula is C27H26N2O2. The highest BCUT2D eigenvalue weighted by Gasteiger charge is 2.43. The first-order chi connectivity index (χ1) is 14.8. The van der Waals surface area contributed by atoms with E-state index in [1.54, 1.807) is 0 Å². The van der Waals surface area contributed by atoms with Crippen LogP contribution in [0.4, 0.5) is 11.4 Å². The van der Waals surface area contributed by atoms with E-state index < -0.39 is 0 Å². The van der Waals surface area contributed by atoms with Crippen LogP contribution in [0.5, 0.6) is 0 Å². The molecule has 0 spiro atoms. The number of imide groups is 1. The van der Waals surface area contributed by atoms with Gasteiger partial charge in [0.2, 0.25) is 0 Å². The molecule has 0 saturated heterocycles. The third-order valence-corrected chi connectivity index (χ3v) is 5.80. The van der Waals surface area contributed by atoms with Crippen molar-refractivity contribution in [1.82, 2.24) is 0 Å². The molecule has 0 atom stereocenters. The Morgan fingerprint density at radius 1 is 0.710 bits per heavy atom. The normalized spacial score (nSPS) is 13.9. The van der Waals surface area contributed by atoms with Crippen LogP contribution in [0.25, 0.3) is 5.57 Å². The van der Waals surface area contributed by atoms with Gasteiger partial charge in [-0.15, -0.1) is 0 Å². The van der Waals surface area contributed by atoms with Gasteiger partial charge in [0.1, 0.15) is 5.70 Å². The second-order valence-electron chi connectivity index (χ2n) is 8.17. The maximum atomic E-state index is 13.8. The van der Waals surface area contributed by atoms with E-state index in [1.807, 2.05) is 106 Å². The SMILES string of the molecule is Cc1ccc(C2=C(N(C)c3ccccc3)C(=O)N(c3cc(C)ccc3C)C2=O)c(C)c1. The number of aryl methyl sites for hydroxylation is 4. The Kier molecular flexibility index (Phi) is 5.24. The predicted octanol–water partition coefficient (Wildman–Crippen LogP) is 5.34. The molecule has 1 aliphatic rings. The molecule has 4 heteroatoms. The van der Waals surface area contributed by atoms with E-state index in [0.29, 0.717) is 17.0 Å². The number of hydrogen-bond acceptors (Lipinski definition) is 3. The summed E-state index contributed by atoms with van der Waals surface area (Å²) >= 11 is 0. The summed E-state index contributed by atoms with van der Waals surface area (Å²) in [5.41, 5.74) is 7.07. The summed E-state index contributed by atoms with van der Waals surface area (Å²) in [6, 6.07) is 21.4. The van der Waals surface area contributed by atoms with E-state index in [2.05, 4.69) is 0 Å². The summed E-state index contributed by atoms with van der Waals surface area (Å²) in [5.74, 6) is -0.594. The van der Waals surface area contributed by atoms with Crippen molar-refractivity contribution in [3.8, 4) is 0 Å². The number of nitrogens with zero attached hydrogens (tertiary/aromatic N) is 2. The average Bonchev–Trinajstić information content (AvgIpc) is 3.00. The van der Waals surface area contributed by atoms with E-state index in [1.165, 1.54) is 4.90 Å². The van der Waals surface area contributed by atoms with Crippen LogP contribution in [0, 0.1) is 27.7 Å². The average molecular weight is 411 g/mol. The van der Waals surface area contributed by atoms with Crippen LogP contribution < -0.4 is 9.80 Å². The van der Waals surface area contributed by atoms with E-state index in [4.69, 9.17) is 0 Å². The van der Waals surface area contributed by atoms with E-state index >= 15 is 0 Å². The molecule has 0 bridgehead atoms. The highest BCUT2D eigenvalue weighted by Crippen LogP contribution is 2.38. The van der Waals surface area contributed by atoms with Crippen molar-refractivity contribution in [2.45, 2.75) is 27.7 Å². The zero-order valence-corrected chi connectivity index (χ0v) is 18.6. The smallest absolute Gasteiger partial charge is 0.282 e. The van der Waals surface area contributed by atoms with Crippen LogP contribution in [-0.4, -0.2) is 18.9 Å². The third kappa shape index (κ3) is 3.55. The fourth-order valence-electron chi connectivity index (χ4n) is 4.13. The first-order valence-electron chi connectivity index (χ1n) is 10.4. The van der Waals surface area contributed by atoms with Crippen LogP contribution in [0.1, 0.15) is 27.8 Å². The Labute approximate surface area is 183 Å². The number of amides is 2. The molecule has 0 unspecified atom stereocenters. The van der Waals surface area contributed by atoms with Gasteiger partial charge in [0.15, 0.2) is 0 Å². The van der Waals surface area contributed by atoms with Crippen molar-refractivity contribution in [2.24, 2.45) is 0 Å². The van der Waals surface area contributed by atoms with E-state index in [-0.39, 0.29) is 11.8 Å². The topological polar surface area (TPSA) is 40.6 Å². The molecule has 0 aromatic heterocycles. The summed E-state index contributed by atoms with van der Waals surface area (Å²) < 4.78 is 0. The predicted molar refractivity (Wildman–Crippen MR) is 126 cm³/mol. The van der Waals surface area contributed by atoms with Crippen LogP contribution >= 0.6 is 0 Å². The Balaban J connectivity index is 1.94. The minimum atomic E-state index is -0.306. The molecule has 0 aliphatic carbocycles. The van der Waals surface area contributed by atoms with Gasteiger partial charge in [-0.3, -0.25) is 9.59 Å². The number of hydrogen-bond donors (Lipinski definition) is 0. The third-order valence-electron chi connectivity index (χ3n) is 5.80. The lowest BCUT2D eigenvalue weighted by Gasteiger charge is -2.22. The highest BCUT2D eigenvalue weighted by atomic mass is 16.2. The molecule has 1 heterocycles. The second-order valence-corrected chi connectivity index (χ2v) is 8.17. The maximum absolute atomic E-state index is 13.8. The van der Waals surface area contributed by atoms with Crippen molar-refractivity contribution in [1.29, 1.82) is 0 Å². The number of carbonyl (C=O) groups is 2. The Morgan fingerprint density at radius 2 is 1.35 bits per heavy atom. The van der Waals surface area contributed by atoms with Gasteiger partial charge < -0.3 is 4.90 Å². The quantitative estimate of drug-likeness (QED) is 0.545. The molecule has 4 rings (SSSR count). The van der Waals surface area contributed by atoms with Crippen LogP contribution in [0.3, 0.4) is 0 Å². The molecular weight excluding hydrogens is 384 g/mol. The monoisotopic (exact) mass is 410 g/mol. The van der Waals surface area contributed by atoms with Crippen molar-refractivity contribution in [3.63, 3.8) is 0 Å². The molecule has 0 saturated carbocycles. The molecule has 0 fully saturated rings. The van der Waals surface area contributed by atoms with Gasteiger partial charge in [-0.05, 0) is 68.1 Å². The minimum absolute atomic E-state index is 0.288. The van der Waals surface area contributed by atoms with Crippen molar-refractivity contribution in [2.75, 3.05) is 16.8 Å². The largest absolute Gasteiger partial charge is 0.339 e. The summed E-state index contributed by atoms with van der Waals surface area (Å²) in [6.45, 7) is 7.88. The number of carbonyl (C=O) groups excluding carboxylic acids is 2. The number of rotatable bonds is 4. The van der Waals surface area contributed by atoms with Crippen molar-refractivity contribution in [3.05, 3.63) is 100 Å². The van der Waals surface area contributed by atoms with E-state index in [0.717, 1.165) is 33.5 Å². The van der Waals surface area contributed by atoms with Gasteiger partial charge in [-0.25, -0.2) is 4.90 Å². The van der Waals surface area contributed by atoms with Gasteiger partial charge in [0.25, 0.3) is 11.8 Å². The summed E-state index contributed by atoms with van der Waals surface area (Å²) in [6.07, 6.45) is 0. The first-order valence-corrected chi connectivity index (χ1v) is 10.4. The Hall–Kier alpha value is -3.66. The Bertz CT molecular complexity index is 1230. The summed E-state index contributed by atoms with van der Waals surface area (Å²) in [4.78, 5) is 30.7. The van der Waals surface area contributed by atoms with Gasteiger partial charge in [-0.2, -0.15) is 0 Å². The van der Waals surface area contributed by atoms with E-state index in [9.17, 15) is 9.59 Å². The van der Waals surface area contributed by atoms with Crippen LogP contribution in [-0.2, 0) is 9.59 Å². The number of benzene rings is 3. The lowest BCUT2D eigenvalue weighted by Crippen LogP contribution is -2.34. The lowest BCUT2D eigenvalue weighted by atomic mass is 9.97. The first kappa shape index (κ1) is 20.6. The highest BCUT2D eigenvalue weighted by molar-refractivity contribution is 6.46. The molecule has 3 aromatic rings. The van der Waals surface area contributed by atoms with Gasteiger partial charge >= 0.3 is 0 Å². The van der Waals surface area contributed by atoms with Gasteiger partial charge in [0, 0.05) is 12.7 Å². The van der Waals surface area contributed by atoms with Crippen LogP contribution in [0.15, 0.2) is 72.4 Å². The number of para-hydroxylation sites is 1. The molecule has 3 aromatic carbocycles. The lowest BCUT2D eigenvalue weighted by molar-refractivity contribution is -0.120. The molecule has 0 N–H and O–H groups in total. The molecule has 2 amide bonds. The van der Waals surface area contributed by atoms with Crippen molar-refractivity contribution < 1.29 is 9.59 Å². The maximum Gasteiger partial charge on any atom is 0.282 e. The summed E-state index contributed by atoms with van der Waals surface area (Å²) in [5, 5.41) is 0. The fraction of sp³-hybridized carbons (Fsp3) is 0.185. The zero-order valence-electron chi connectivity index (χ0n) is 18.6. The molecule has 1 aliphatic heterocycles. The van der Waals surface area contributed by atoms with Crippen LogP contribution in [0.2, 0.25) is 0 Å². The second kappa shape index (κ2) is 7.88. The van der Waals surface area contributed by atoms with Gasteiger partial charge in [0.05, 0.1) is 11.3 Å². The molecule has 0 radical (unpaired) electrons. The fourth-order valence-corrected chi connectivity index (χ4v) is 4.13.